The van der Waals surface area contributed by atoms with Gasteiger partial charge in [-0.3, -0.25) is 0 Å². The molecule has 0 radical (unpaired) electrons. The molecule has 0 bridgehead atoms. The van der Waals surface area contributed by atoms with Crippen LogP contribution >= 0.6 is 0 Å². The molecular weight excluding hydrogens is 216 g/mol. The van der Waals surface area contributed by atoms with Gasteiger partial charge in [0.25, 0.3) is 0 Å². The van der Waals surface area contributed by atoms with E-state index in [1.165, 1.54) is 0 Å². The van der Waals surface area contributed by atoms with E-state index >= 15 is 0 Å². The van der Waals surface area contributed by atoms with Crippen molar-refractivity contribution in [1.82, 2.24) is 19.9 Å². The Bertz CT molecular complexity index is 629. The highest BCUT2D eigenvalue weighted by Crippen LogP contribution is 2.22. The first-order chi connectivity index (χ1) is 8.36. The van der Waals surface area contributed by atoms with Crippen molar-refractivity contribution in [1.29, 1.82) is 0 Å². The van der Waals surface area contributed by atoms with Crippen molar-refractivity contribution in [3.05, 3.63) is 36.7 Å². The van der Waals surface area contributed by atoms with Crippen LogP contribution in [0.1, 0.15) is 0 Å². The molecule has 5 heteroatoms. The van der Waals surface area contributed by atoms with E-state index in [9.17, 15) is 0 Å². The van der Waals surface area contributed by atoms with Crippen molar-refractivity contribution in [2.45, 2.75) is 0 Å². The smallest absolute Gasteiger partial charge is 0.197 e. The zero-order chi connectivity index (χ0) is 11.7. The fourth-order valence-corrected chi connectivity index (χ4v) is 1.65. The van der Waals surface area contributed by atoms with Crippen LogP contribution in [-0.2, 0) is 0 Å². The van der Waals surface area contributed by atoms with Crippen molar-refractivity contribution >= 4 is 11.3 Å². The molecule has 0 aliphatic rings. The second kappa shape index (κ2) is 3.86. The molecule has 0 aliphatic heterocycles. The maximum atomic E-state index is 5.18. The van der Waals surface area contributed by atoms with E-state index in [4.69, 9.17) is 4.74 Å². The van der Waals surface area contributed by atoms with Gasteiger partial charge < -0.3 is 9.72 Å². The third-order valence-electron chi connectivity index (χ3n) is 2.48. The summed E-state index contributed by atoms with van der Waals surface area (Å²) >= 11 is 0. The Balaban J connectivity index is 2.13. The van der Waals surface area contributed by atoms with Crippen molar-refractivity contribution in [2.24, 2.45) is 0 Å². The number of nitrogens with one attached hydrogen (secondary N) is 1. The normalized spacial score (nSPS) is 10.6. The average molecular weight is 226 g/mol. The van der Waals surface area contributed by atoms with Gasteiger partial charge >= 0.3 is 0 Å². The Hall–Kier alpha value is -2.43. The molecule has 2 heterocycles. The van der Waals surface area contributed by atoms with Crippen LogP contribution in [0, 0.1) is 0 Å². The zero-order valence-electron chi connectivity index (χ0n) is 9.21. The predicted molar refractivity (Wildman–Crippen MR) is 63.7 cm³/mol. The molecule has 2 aromatic heterocycles. The summed E-state index contributed by atoms with van der Waals surface area (Å²) in [5.74, 6) is 1.54. The largest absolute Gasteiger partial charge is 0.497 e. The quantitative estimate of drug-likeness (QED) is 0.726. The van der Waals surface area contributed by atoms with Gasteiger partial charge in [0.1, 0.15) is 11.6 Å². The van der Waals surface area contributed by atoms with Crippen molar-refractivity contribution in [3.63, 3.8) is 0 Å². The number of nitrogens with zero attached hydrogens (tertiary/aromatic N) is 3. The number of hydrogen-bond donors (Lipinski definition) is 1. The Labute approximate surface area is 97.5 Å². The Morgan fingerprint density at radius 2 is 2.06 bits per heavy atom. The fraction of sp³-hybridized carbons (Fsp3) is 0.0833. The molecule has 0 aliphatic carbocycles. The molecule has 0 saturated heterocycles. The minimum absolute atomic E-state index is 0.616. The number of rotatable bonds is 2. The summed E-state index contributed by atoms with van der Waals surface area (Å²) in [5.41, 5.74) is 2.25. The zero-order valence-corrected chi connectivity index (χ0v) is 9.21. The molecule has 3 rings (SSSR count). The third-order valence-corrected chi connectivity index (χ3v) is 2.48. The number of fused-ring (bicyclic) bond motifs is 1. The van der Waals surface area contributed by atoms with Crippen LogP contribution in [0.2, 0.25) is 0 Å². The lowest BCUT2D eigenvalue weighted by Crippen LogP contribution is -1.84. The molecule has 0 amide bonds. The van der Waals surface area contributed by atoms with Crippen LogP contribution in [0.4, 0.5) is 0 Å². The van der Waals surface area contributed by atoms with Gasteiger partial charge in [0.05, 0.1) is 7.11 Å². The van der Waals surface area contributed by atoms with E-state index in [0.29, 0.717) is 11.3 Å². The molecule has 0 saturated carbocycles. The third kappa shape index (κ3) is 1.71. The summed E-state index contributed by atoms with van der Waals surface area (Å²) in [6.45, 7) is 0. The summed E-state index contributed by atoms with van der Waals surface area (Å²) < 4.78 is 5.18. The first-order valence-corrected chi connectivity index (χ1v) is 5.18. The topological polar surface area (TPSA) is 63.7 Å². The number of ether oxygens (including phenoxy) is 1. The molecule has 3 aromatic rings. The minimum Gasteiger partial charge on any atom is -0.497 e. The lowest BCUT2D eigenvalue weighted by atomic mass is 10.2. The van der Waals surface area contributed by atoms with E-state index in [1.54, 1.807) is 19.5 Å². The van der Waals surface area contributed by atoms with Gasteiger partial charge in [0.2, 0.25) is 0 Å². The first kappa shape index (κ1) is 9.77. The molecule has 5 nitrogen and oxygen atoms in total. The SMILES string of the molecule is COc1cccc(-c2nc3nccnc3[nH]2)c1. The van der Waals surface area contributed by atoms with Gasteiger partial charge in [-0.1, -0.05) is 12.1 Å². The van der Waals surface area contributed by atoms with E-state index in [0.717, 1.165) is 17.1 Å². The van der Waals surface area contributed by atoms with E-state index in [1.807, 2.05) is 24.3 Å². The number of benzene rings is 1. The van der Waals surface area contributed by atoms with Gasteiger partial charge in [-0.15, -0.1) is 0 Å². The van der Waals surface area contributed by atoms with Crippen LogP contribution in [-0.4, -0.2) is 27.0 Å². The maximum Gasteiger partial charge on any atom is 0.197 e. The number of H-pyrrole nitrogens is 1. The number of hydrogen-bond acceptors (Lipinski definition) is 4. The second-order valence-electron chi connectivity index (χ2n) is 3.55. The monoisotopic (exact) mass is 226 g/mol. The van der Waals surface area contributed by atoms with Crippen molar-refractivity contribution in [3.8, 4) is 17.1 Å². The van der Waals surface area contributed by atoms with Crippen LogP contribution in [0.15, 0.2) is 36.7 Å². The van der Waals surface area contributed by atoms with Crippen LogP contribution in [0.5, 0.6) is 5.75 Å². The lowest BCUT2D eigenvalue weighted by Gasteiger charge is -2.00. The molecule has 0 atom stereocenters. The summed E-state index contributed by atoms with van der Waals surface area (Å²) in [7, 11) is 1.64. The minimum atomic E-state index is 0.616. The lowest BCUT2D eigenvalue weighted by molar-refractivity contribution is 0.415. The number of methoxy groups -OCH3 is 1. The van der Waals surface area contributed by atoms with Crippen molar-refractivity contribution < 1.29 is 4.74 Å². The summed E-state index contributed by atoms with van der Waals surface area (Å²) in [5, 5.41) is 0. The maximum absolute atomic E-state index is 5.18. The summed E-state index contributed by atoms with van der Waals surface area (Å²) in [4.78, 5) is 15.8. The standard InChI is InChI=1S/C12H10N4O/c1-17-9-4-2-3-8(7-9)10-15-11-12(16-10)14-6-5-13-11/h2-7H,1H3,(H,13,14,15,16). The van der Waals surface area contributed by atoms with E-state index < -0.39 is 0 Å². The summed E-state index contributed by atoms with van der Waals surface area (Å²) in [6.07, 6.45) is 3.26. The molecule has 1 aromatic carbocycles. The van der Waals surface area contributed by atoms with Gasteiger partial charge in [0.15, 0.2) is 11.3 Å². The number of aromatic nitrogens is 4. The van der Waals surface area contributed by atoms with Gasteiger partial charge in [-0.25, -0.2) is 15.0 Å². The van der Waals surface area contributed by atoms with E-state index in [-0.39, 0.29) is 0 Å². The van der Waals surface area contributed by atoms with Crippen LogP contribution in [0.25, 0.3) is 22.7 Å². The highest BCUT2D eigenvalue weighted by molar-refractivity contribution is 5.72. The molecular formula is C12H10N4O. The number of imidazole rings is 1. The highest BCUT2D eigenvalue weighted by atomic mass is 16.5. The molecule has 0 spiro atoms. The van der Waals surface area contributed by atoms with Crippen LogP contribution < -0.4 is 4.74 Å². The predicted octanol–water partition coefficient (Wildman–Crippen LogP) is 2.03. The number of aromatic amines is 1. The molecule has 0 fully saturated rings. The molecule has 0 unspecified atom stereocenters. The Morgan fingerprint density at radius 1 is 1.18 bits per heavy atom. The van der Waals surface area contributed by atoms with Crippen molar-refractivity contribution in [2.75, 3.05) is 7.11 Å². The highest BCUT2D eigenvalue weighted by Gasteiger charge is 2.06. The van der Waals surface area contributed by atoms with Gasteiger partial charge in [0, 0.05) is 18.0 Å². The summed E-state index contributed by atoms with van der Waals surface area (Å²) in [6, 6.07) is 7.68. The van der Waals surface area contributed by atoms with Gasteiger partial charge in [-0.2, -0.15) is 0 Å². The molecule has 17 heavy (non-hydrogen) atoms. The Kier molecular flexibility index (Phi) is 2.22. The average Bonchev–Trinajstić information content (AvgIpc) is 2.82. The molecule has 84 valence electrons. The Morgan fingerprint density at radius 3 is 2.88 bits per heavy atom. The van der Waals surface area contributed by atoms with Crippen LogP contribution in [0.3, 0.4) is 0 Å². The fourth-order valence-electron chi connectivity index (χ4n) is 1.65. The first-order valence-electron chi connectivity index (χ1n) is 5.18. The van der Waals surface area contributed by atoms with E-state index in [2.05, 4.69) is 19.9 Å². The molecule has 1 N–H and O–H groups in total. The second-order valence-corrected chi connectivity index (χ2v) is 3.55. The van der Waals surface area contributed by atoms with Gasteiger partial charge in [-0.05, 0) is 12.1 Å².